The number of aromatic nitrogens is 2. The summed E-state index contributed by atoms with van der Waals surface area (Å²) in [7, 11) is 0. The number of nitrogens with zero attached hydrogens (tertiary/aromatic N) is 5. The van der Waals surface area contributed by atoms with Crippen molar-refractivity contribution in [1.82, 2.24) is 9.97 Å². The minimum Gasteiger partial charge on any atom is -0.338 e. The van der Waals surface area contributed by atoms with Crippen LogP contribution in [0.1, 0.15) is 11.4 Å². The average Bonchev–Trinajstić information content (AvgIpc) is 3.52. The number of imidazole rings is 1. The lowest BCUT2D eigenvalue weighted by Gasteiger charge is -2.21. The maximum Gasteiger partial charge on any atom is 0.338 e. The van der Waals surface area contributed by atoms with Gasteiger partial charge in [-0.15, -0.1) is 0 Å². The number of aromatic amines is 1. The van der Waals surface area contributed by atoms with E-state index in [1.54, 1.807) is 18.2 Å². The van der Waals surface area contributed by atoms with Gasteiger partial charge in [0.2, 0.25) is 5.66 Å². The summed E-state index contributed by atoms with van der Waals surface area (Å²) < 4.78 is 0. The number of para-hydroxylation sites is 2. The fourth-order valence-electron chi connectivity index (χ4n) is 4.62. The molecular formula is C28H16N6O2. The molecule has 0 saturated carbocycles. The van der Waals surface area contributed by atoms with Gasteiger partial charge in [-0.1, -0.05) is 54.6 Å². The molecule has 7 rings (SSSR count). The molecule has 0 saturated heterocycles. The van der Waals surface area contributed by atoms with Crippen LogP contribution in [0.4, 0.5) is 0 Å². The van der Waals surface area contributed by atoms with Crippen molar-refractivity contribution in [1.29, 1.82) is 0 Å². The molecule has 0 bridgehead atoms. The molecule has 0 unspecified atom stereocenters. The lowest BCUT2D eigenvalue weighted by Crippen LogP contribution is -2.36. The third kappa shape index (κ3) is 3.05. The zero-order chi connectivity index (χ0) is 24.3. The molecule has 3 heterocycles. The molecule has 2 amide bonds. The van der Waals surface area contributed by atoms with E-state index in [9.17, 15) is 9.59 Å². The Labute approximate surface area is 203 Å². The van der Waals surface area contributed by atoms with Gasteiger partial charge in [-0.2, -0.15) is 0 Å². The van der Waals surface area contributed by atoms with E-state index in [-0.39, 0.29) is 0 Å². The number of hydrogen-bond donors (Lipinski definition) is 1. The summed E-state index contributed by atoms with van der Waals surface area (Å²) in [6, 6.07) is 28.9. The van der Waals surface area contributed by atoms with Gasteiger partial charge in [0.15, 0.2) is 5.82 Å². The first-order chi connectivity index (χ1) is 17.6. The van der Waals surface area contributed by atoms with E-state index in [4.69, 9.17) is 15.0 Å². The van der Waals surface area contributed by atoms with Crippen LogP contribution in [0.15, 0.2) is 111 Å². The van der Waals surface area contributed by atoms with Crippen LogP contribution in [-0.4, -0.2) is 21.8 Å². The Morgan fingerprint density at radius 3 is 2.06 bits per heavy atom. The topological polar surface area (TPSA) is 112 Å². The first-order valence-electron chi connectivity index (χ1n) is 11.4. The molecule has 8 heteroatoms. The summed E-state index contributed by atoms with van der Waals surface area (Å²) in [5.41, 5.74) is 3.22. The van der Waals surface area contributed by atoms with Crippen LogP contribution in [0.3, 0.4) is 0 Å². The van der Waals surface area contributed by atoms with Gasteiger partial charge < -0.3 is 4.98 Å². The molecule has 1 aromatic heterocycles. The minimum atomic E-state index is -1.22. The smallest absolute Gasteiger partial charge is 0.338 e. The molecular weight excluding hydrogens is 452 g/mol. The molecule has 2 aliphatic heterocycles. The van der Waals surface area contributed by atoms with Gasteiger partial charge in [-0.05, 0) is 47.5 Å². The Hall–Kier alpha value is -5.11. The molecule has 4 aromatic carbocycles. The molecule has 0 atom stereocenters. The number of amides is 2. The summed E-state index contributed by atoms with van der Waals surface area (Å²) in [4.78, 5) is 49.7. The Balaban J connectivity index is 1.47. The van der Waals surface area contributed by atoms with Crippen LogP contribution in [0, 0.1) is 0 Å². The van der Waals surface area contributed by atoms with Gasteiger partial charge in [-0.25, -0.2) is 25.0 Å². The Morgan fingerprint density at radius 1 is 0.611 bits per heavy atom. The van der Waals surface area contributed by atoms with Crippen molar-refractivity contribution in [3.8, 4) is 11.1 Å². The molecule has 0 aliphatic carbocycles. The van der Waals surface area contributed by atoms with Crippen LogP contribution in [-0.2, 0) is 15.3 Å². The van der Waals surface area contributed by atoms with Gasteiger partial charge in [0.1, 0.15) is 0 Å². The number of benzene rings is 4. The quantitative estimate of drug-likeness (QED) is 0.407. The van der Waals surface area contributed by atoms with Crippen molar-refractivity contribution in [3.63, 3.8) is 0 Å². The van der Waals surface area contributed by atoms with Crippen LogP contribution in [0.5, 0.6) is 0 Å². The average molecular weight is 468 g/mol. The predicted molar refractivity (Wildman–Crippen MR) is 130 cm³/mol. The fourth-order valence-corrected chi connectivity index (χ4v) is 4.62. The fraction of sp³-hybridized carbons (Fsp3) is 0.0357. The van der Waals surface area contributed by atoms with Crippen molar-refractivity contribution in [2.75, 3.05) is 0 Å². The maximum atomic E-state index is 11.9. The van der Waals surface area contributed by atoms with Gasteiger partial charge in [0, 0.05) is 5.56 Å². The van der Waals surface area contributed by atoms with E-state index >= 15 is 0 Å². The SMILES string of the molecule is O=C1N=c2ccc(C3(c4nc5cc(-c6ccccc6)ccc5[nH]4)N=c4ccccc4=N3)cc2=NC1=O. The number of H-pyrrole nitrogens is 1. The molecule has 8 nitrogen and oxygen atoms in total. The third-order valence-electron chi connectivity index (χ3n) is 6.37. The van der Waals surface area contributed by atoms with Crippen molar-refractivity contribution < 1.29 is 9.59 Å². The van der Waals surface area contributed by atoms with E-state index in [1.807, 2.05) is 60.7 Å². The lowest BCUT2D eigenvalue weighted by atomic mass is 9.99. The summed E-state index contributed by atoms with van der Waals surface area (Å²) >= 11 is 0. The van der Waals surface area contributed by atoms with Crippen molar-refractivity contribution >= 4 is 22.8 Å². The highest BCUT2D eigenvalue weighted by molar-refractivity contribution is 6.36. The van der Waals surface area contributed by atoms with E-state index in [2.05, 4.69) is 27.1 Å². The second-order valence-electron chi connectivity index (χ2n) is 8.61. The summed E-state index contributed by atoms with van der Waals surface area (Å²) in [5.74, 6) is -1.23. The van der Waals surface area contributed by atoms with E-state index in [1.165, 1.54) is 0 Å². The van der Waals surface area contributed by atoms with Crippen LogP contribution in [0.25, 0.3) is 22.2 Å². The van der Waals surface area contributed by atoms with Crippen LogP contribution in [0.2, 0.25) is 0 Å². The molecule has 0 spiro atoms. The van der Waals surface area contributed by atoms with Gasteiger partial charge in [0.05, 0.1) is 32.5 Å². The Bertz CT molecular complexity index is 1960. The number of carbonyl (C=O) groups excluding carboxylic acids is 2. The monoisotopic (exact) mass is 468 g/mol. The number of fused-ring (bicyclic) bond motifs is 3. The molecule has 0 fully saturated rings. The first kappa shape index (κ1) is 20.3. The van der Waals surface area contributed by atoms with E-state index < -0.39 is 17.5 Å². The van der Waals surface area contributed by atoms with E-state index in [0.717, 1.165) is 32.9 Å². The number of hydrogen-bond acceptors (Lipinski definition) is 5. The molecule has 170 valence electrons. The summed E-state index contributed by atoms with van der Waals surface area (Å²) in [6.45, 7) is 0. The van der Waals surface area contributed by atoms with Crippen molar-refractivity contribution in [3.05, 3.63) is 124 Å². The number of rotatable bonds is 3. The first-order valence-corrected chi connectivity index (χ1v) is 11.4. The molecule has 0 radical (unpaired) electrons. The molecule has 36 heavy (non-hydrogen) atoms. The third-order valence-corrected chi connectivity index (χ3v) is 6.37. The maximum absolute atomic E-state index is 11.9. The zero-order valence-corrected chi connectivity index (χ0v) is 18.7. The highest BCUT2D eigenvalue weighted by Gasteiger charge is 2.39. The second-order valence-corrected chi connectivity index (χ2v) is 8.61. The standard InChI is InChI=1S/C28H16N6O2/c35-25-26(36)30-24-15-18(11-13-19(24)29-25)28(33-21-8-4-5-9-22(21)34-28)27-31-20-12-10-17(14-23(20)32-27)16-6-2-1-3-7-16/h1-15H,(H,31,32). The number of carbonyl (C=O) groups is 2. The Kier molecular flexibility index (Phi) is 4.19. The summed E-state index contributed by atoms with van der Waals surface area (Å²) in [5, 5.41) is 2.11. The zero-order valence-electron chi connectivity index (χ0n) is 18.7. The van der Waals surface area contributed by atoms with Gasteiger partial charge >= 0.3 is 11.8 Å². The van der Waals surface area contributed by atoms with E-state index in [0.29, 0.717) is 22.1 Å². The predicted octanol–water partition coefficient (Wildman–Crippen LogP) is 1.69. The van der Waals surface area contributed by atoms with Crippen molar-refractivity contribution in [2.45, 2.75) is 5.66 Å². The normalized spacial score (nSPS) is 15.3. The van der Waals surface area contributed by atoms with Crippen molar-refractivity contribution in [2.24, 2.45) is 20.0 Å². The Morgan fingerprint density at radius 2 is 1.31 bits per heavy atom. The lowest BCUT2D eigenvalue weighted by molar-refractivity contribution is -0.135. The number of nitrogens with one attached hydrogen (secondary N) is 1. The molecule has 5 aromatic rings. The van der Waals surface area contributed by atoms with Gasteiger partial charge in [-0.3, -0.25) is 9.59 Å². The summed E-state index contributed by atoms with van der Waals surface area (Å²) in [6.07, 6.45) is 0. The second kappa shape index (κ2) is 7.44. The molecule has 1 N–H and O–H groups in total. The molecule has 2 aliphatic rings. The highest BCUT2D eigenvalue weighted by Crippen LogP contribution is 2.35. The van der Waals surface area contributed by atoms with Gasteiger partial charge in [0.25, 0.3) is 0 Å². The van der Waals surface area contributed by atoms with Crippen LogP contribution >= 0.6 is 0 Å². The minimum absolute atomic E-state index is 0.306. The highest BCUT2D eigenvalue weighted by atomic mass is 16.2. The largest absolute Gasteiger partial charge is 0.338 e. The van der Waals surface area contributed by atoms with Crippen LogP contribution < -0.4 is 21.4 Å².